The van der Waals surface area contributed by atoms with E-state index in [0.717, 1.165) is 29.8 Å². The van der Waals surface area contributed by atoms with E-state index in [1.165, 1.54) is 0 Å². The molecular formula is C19H21ClN2O4. The number of aliphatic carboxylic acids is 1. The van der Waals surface area contributed by atoms with Crippen LogP contribution in [0.4, 0.5) is 5.69 Å². The third-order valence-electron chi connectivity index (χ3n) is 4.28. The molecule has 2 atom stereocenters. The topological polar surface area (TPSA) is 90.8 Å². The number of rotatable bonds is 7. The Hall–Kier alpha value is -2.28. The van der Waals surface area contributed by atoms with Crippen LogP contribution in [0.2, 0.25) is 5.02 Å². The zero-order valence-corrected chi connectivity index (χ0v) is 14.9. The van der Waals surface area contributed by atoms with Gasteiger partial charge in [-0.2, -0.15) is 0 Å². The van der Waals surface area contributed by atoms with Gasteiger partial charge in [0.05, 0.1) is 6.10 Å². The lowest BCUT2D eigenvalue weighted by Crippen LogP contribution is -2.42. The number of aliphatic hydroxyl groups excluding tert-OH is 1. The average Bonchev–Trinajstić information content (AvgIpc) is 2.64. The number of fused-ring (bicyclic) bond motifs is 1. The van der Waals surface area contributed by atoms with Crippen molar-refractivity contribution in [2.45, 2.75) is 18.6 Å². The molecule has 7 heteroatoms. The Morgan fingerprint density at radius 2 is 2.19 bits per heavy atom. The lowest BCUT2D eigenvalue weighted by atomic mass is 9.99. The number of carboxylic acids is 1. The number of ether oxygens (including phenoxy) is 1. The summed E-state index contributed by atoms with van der Waals surface area (Å²) in [6.07, 6.45) is 0.120. The fourth-order valence-corrected chi connectivity index (χ4v) is 3.17. The van der Waals surface area contributed by atoms with Crippen LogP contribution in [-0.2, 0) is 11.2 Å². The van der Waals surface area contributed by atoms with Gasteiger partial charge in [0.25, 0.3) is 0 Å². The molecule has 0 aliphatic carbocycles. The highest BCUT2D eigenvalue weighted by Gasteiger charge is 2.20. The van der Waals surface area contributed by atoms with Crippen LogP contribution < -0.4 is 15.4 Å². The molecule has 0 aromatic heterocycles. The molecule has 2 aromatic carbocycles. The van der Waals surface area contributed by atoms with Crippen molar-refractivity contribution in [2.24, 2.45) is 0 Å². The largest absolute Gasteiger partial charge is 0.482 e. The molecule has 1 aliphatic rings. The van der Waals surface area contributed by atoms with Gasteiger partial charge < -0.3 is 25.6 Å². The molecule has 26 heavy (non-hydrogen) atoms. The van der Waals surface area contributed by atoms with Gasteiger partial charge >= 0.3 is 5.97 Å². The van der Waals surface area contributed by atoms with Crippen molar-refractivity contribution in [2.75, 3.05) is 25.0 Å². The van der Waals surface area contributed by atoms with E-state index in [4.69, 9.17) is 21.4 Å². The first-order chi connectivity index (χ1) is 12.5. The summed E-state index contributed by atoms with van der Waals surface area (Å²) in [4.78, 5) is 10.6. The summed E-state index contributed by atoms with van der Waals surface area (Å²) in [5.74, 6) is -0.469. The van der Waals surface area contributed by atoms with Gasteiger partial charge in [0, 0.05) is 29.8 Å². The first-order valence-electron chi connectivity index (χ1n) is 8.39. The quantitative estimate of drug-likeness (QED) is 0.593. The predicted octanol–water partition coefficient (Wildman–Crippen LogP) is 2.46. The number of hydrogen-bond acceptors (Lipinski definition) is 5. The number of hydrogen-bond donors (Lipinski definition) is 4. The van der Waals surface area contributed by atoms with Crippen LogP contribution in [0.25, 0.3) is 0 Å². The van der Waals surface area contributed by atoms with Gasteiger partial charge in [-0.3, -0.25) is 0 Å². The van der Waals surface area contributed by atoms with E-state index in [-0.39, 0.29) is 12.6 Å². The van der Waals surface area contributed by atoms with E-state index < -0.39 is 12.1 Å². The van der Waals surface area contributed by atoms with Crippen LogP contribution in [0.5, 0.6) is 5.75 Å². The molecular weight excluding hydrogens is 356 g/mol. The summed E-state index contributed by atoms with van der Waals surface area (Å²) >= 11 is 5.96. The third-order valence-corrected chi connectivity index (χ3v) is 4.51. The number of anilines is 1. The molecule has 1 unspecified atom stereocenters. The van der Waals surface area contributed by atoms with Crippen LogP contribution in [0.3, 0.4) is 0 Å². The predicted molar refractivity (Wildman–Crippen MR) is 100.0 cm³/mol. The zero-order chi connectivity index (χ0) is 18.5. The molecule has 2 aromatic rings. The van der Waals surface area contributed by atoms with Crippen molar-refractivity contribution >= 4 is 23.3 Å². The van der Waals surface area contributed by atoms with Crippen molar-refractivity contribution in [3.8, 4) is 5.75 Å². The highest BCUT2D eigenvalue weighted by atomic mass is 35.5. The maximum atomic E-state index is 10.6. The number of halogens is 1. The molecule has 0 fully saturated rings. The monoisotopic (exact) mass is 376 g/mol. The summed E-state index contributed by atoms with van der Waals surface area (Å²) < 4.78 is 5.24. The van der Waals surface area contributed by atoms with Crippen molar-refractivity contribution in [3.05, 3.63) is 58.6 Å². The standard InChI is InChI=1S/C19H21ClN2O4/c20-14-3-1-2-12(6-14)18(23)10-21-15-7-13-8-16(26-11-19(24)25)4-5-17(13)22-9-15/h1-6,8,15,18,21-23H,7,9-11H2,(H,24,25)/t15?,18-/m0/s1. The van der Waals surface area contributed by atoms with Crippen molar-refractivity contribution < 1.29 is 19.7 Å². The van der Waals surface area contributed by atoms with E-state index in [1.807, 2.05) is 24.3 Å². The molecule has 6 nitrogen and oxygen atoms in total. The van der Waals surface area contributed by atoms with Crippen LogP contribution >= 0.6 is 11.6 Å². The molecule has 0 spiro atoms. The van der Waals surface area contributed by atoms with Crippen molar-refractivity contribution in [1.29, 1.82) is 0 Å². The number of carboxylic acid groups (broad SMARTS) is 1. The second-order valence-corrected chi connectivity index (χ2v) is 6.70. The Bertz CT molecular complexity index is 784. The number of carbonyl (C=O) groups is 1. The third kappa shape index (κ3) is 4.88. The van der Waals surface area contributed by atoms with Crippen LogP contribution in [0, 0.1) is 0 Å². The van der Waals surface area contributed by atoms with E-state index in [0.29, 0.717) is 17.3 Å². The lowest BCUT2D eigenvalue weighted by molar-refractivity contribution is -0.139. The molecule has 1 heterocycles. The molecule has 3 rings (SSSR count). The molecule has 0 saturated carbocycles. The van der Waals surface area contributed by atoms with Crippen LogP contribution in [0.1, 0.15) is 17.2 Å². The smallest absolute Gasteiger partial charge is 0.341 e. The summed E-state index contributed by atoms with van der Waals surface area (Å²) in [6.45, 7) is 0.793. The zero-order valence-electron chi connectivity index (χ0n) is 14.1. The Balaban J connectivity index is 1.57. The summed E-state index contributed by atoms with van der Waals surface area (Å²) in [6, 6.07) is 12.8. The molecule has 0 amide bonds. The Morgan fingerprint density at radius 1 is 1.35 bits per heavy atom. The Morgan fingerprint density at radius 3 is 2.96 bits per heavy atom. The normalized spacial score (nSPS) is 17.1. The SMILES string of the molecule is O=C(O)COc1ccc2c(c1)CC(NC[C@H](O)c1cccc(Cl)c1)CN2. The Kier molecular flexibility index (Phi) is 5.98. The minimum atomic E-state index is -1.00. The number of aliphatic hydroxyl groups is 1. The fourth-order valence-electron chi connectivity index (χ4n) is 2.97. The molecule has 138 valence electrons. The average molecular weight is 377 g/mol. The van der Waals surface area contributed by atoms with E-state index >= 15 is 0 Å². The van der Waals surface area contributed by atoms with Crippen molar-refractivity contribution in [3.63, 3.8) is 0 Å². The van der Waals surface area contributed by atoms with Gasteiger partial charge in [-0.25, -0.2) is 4.79 Å². The molecule has 4 N–H and O–H groups in total. The summed E-state index contributed by atoms with van der Waals surface area (Å²) in [5.41, 5.74) is 2.84. The van der Waals surface area contributed by atoms with Gasteiger partial charge in [-0.1, -0.05) is 23.7 Å². The molecule has 0 bridgehead atoms. The fraction of sp³-hybridized carbons (Fsp3) is 0.316. The van der Waals surface area contributed by atoms with Crippen LogP contribution in [-0.4, -0.2) is 41.9 Å². The van der Waals surface area contributed by atoms with Gasteiger partial charge in [0.15, 0.2) is 6.61 Å². The van der Waals surface area contributed by atoms with E-state index in [2.05, 4.69) is 10.6 Å². The van der Waals surface area contributed by atoms with Crippen molar-refractivity contribution in [1.82, 2.24) is 5.32 Å². The Labute approximate surface area is 156 Å². The second kappa shape index (κ2) is 8.40. The first kappa shape index (κ1) is 18.5. The lowest BCUT2D eigenvalue weighted by Gasteiger charge is -2.28. The molecule has 0 radical (unpaired) electrons. The maximum absolute atomic E-state index is 10.6. The first-order valence-corrected chi connectivity index (χ1v) is 8.77. The minimum Gasteiger partial charge on any atom is -0.482 e. The number of benzene rings is 2. The molecule has 1 aliphatic heterocycles. The van der Waals surface area contributed by atoms with E-state index in [9.17, 15) is 9.90 Å². The second-order valence-electron chi connectivity index (χ2n) is 6.26. The summed E-state index contributed by atoms with van der Waals surface area (Å²) in [7, 11) is 0. The van der Waals surface area contributed by atoms with E-state index in [1.54, 1.807) is 18.2 Å². The molecule has 0 saturated heterocycles. The van der Waals surface area contributed by atoms with Gasteiger partial charge in [-0.15, -0.1) is 0 Å². The van der Waals surface area contributed by atoms with Gasteiger partial charge in [0.2, 0.25) is 0 Å². The highest BCUT2D eigenvalue weighted by Crippen LogP contribution is 2.27. The van der Waals surface area contributed by atoms with Gasteiger partial charge in [-0.05, 0) is 47.9 Å². The highest BCUT2D eigenvalue weighted by molar-refractivity contribution is 6.30. The number of nitrogens with one attached hydrogen (secondary N) is 2. The van der Waals surface area contributed by atoms with Crippen LogP contribution in [0.15, 0.2) is 42.5 Å². The summed E-state index contributed by atoms with van der Waals surface area (Å²) in [5, 5.41) is 26.3. The maximum Gasteiger partial charge on any atom is 0.341 e. The van der Waals surface area contributed by atoms with Gasteiger partial charge in [0.1, 0.15) is 5.75 Å². The minimum absolute atomic E-state index is 0.144.